The zero-order chi connectivity index (χ0) is 16.5. The van der Waals surface area contributed by atoms with Crippen molar-refractivity contribution in [3.63, 3.8) is 0 Å². The molecule has 1 amide bonds. The predicted molar refractivity (Wildman–Crippen MR) is 88.8 cm³/mol. The van der Waals surface area contributed by atoms with E-state index in [1.54, 1.807) is 41.3 Å². The first-order chi connectivity index (χ1) is 11.7. The maximum absolute atomic E-state index is 12.8. The SMILES string of the molecule is O=C(c1cnn2cccnc12)N1CCC(Cc2cccc(O)c2)C1. The molecule has 0 aliphatic carbocycles. The molecule has 1 aromatic carbocycles. The van der Waals surface area contributed by atoms with Gasteiger partial charge in [-0.25, -0.2) is 9.50 Å². The van der Waals surface area contributed by atoms with Crippen LogP contribution in [0.15, 0.2) is 48.9 Å². The first-order valence-electron chi connectivity index (χ1n) is 8.06. The van der Waals surface area contributed by atoms with Crippen molar-refractivity contribution in [3.8, 4) is 5.75 Å². The molecular formula is C18H18N4O2. The van der Waals surface area contributed by atoms with Gasteiger partial charge in [0.05, 0.1) is 6.20 Å². The number of aromatic hydroxyl groups is 1. The second kappa shape index (κ2) is 5.96. The number of phenolic OH excluding ortho intramolecular Hbond substituents is 1. The highest BCUT2D eigenvalue weighted by Crippen LogP contribution is 2.24. The summed E-state index contributed by atoms with van der Waals surface area (Å²) in [5.41, 5.74) is 2.25. The Kier molecular flexibility index (Phi) is 3.65. The molecule has 6 heteroatoms. The van der Waals surface area contributed by atoms with Crippen molar-refractivity contribution in [1.29, 1.82) is 0 Å². The average molecular weight is 322 g/mol. The lowest BCUT2D eigenvalue weighted by atomic mass is 9.98. The van der Waals surface area contributed by atoms with Gasteiger partial charge >= 0.3 is 0 Å². The number of hydrogen-bond donors (Lipinski definition) is 1. The summed E-state index contributed by atoms with van der Waals surface area (Å²) < 4.78 is 1.62. The van der Waals surface area contributed by atoms with Gasteiger partial charge in [0.15, 0.2) is 5.65 Å². The number of fused-ring (bicyclic) bond motifs is 1. The fourth-order valence-corrected chi connectivity index (χ4v) is 3.35. The van der Waals surface area contributed by atoms with Gasteiger partial charge in [-0.05, 0) is 42.5 Å². The minimum absolute atomic E-state index is 0.0119. The number of aromatic nitrogens is 3. The standard InChI is InChI=1S/C18H18N4O2/c23-15-4-1-3-13(10-15)9-14-5-8-21(12-14)18(24)16-11-20-22-7-2-6-19-17(16)22/h1-4,6-7,10-11,14,23H,5,8-9,12H2. The minimum atomic E-state index is -0.0119. The Balaban J connectivity index is 1.47. The number of amides is 1. The molecule has 1 unspecified atom stereocenters. The molecule has 1 N–H and O–H groups in total. The number of carbonyl (C=O) groups is 1. The molecule has 0 radical (unpaired) electrons. The van der Waals surface area contributed by atoms with Crippen LogP contribution in [-0.2, 0) is 6.42 Å². The molecule has 1 aliphatic heterocycles. The maximum Gasteiger partial charge on any atom is 0.259 e. The number of likely N-dealkylation sites (tertiary alicyclic amines) is 1. The fraction of sp³-hybridized carbons (Fsp3) is 0.278. The van der Waals surface area contributed by atoms with E-state index in [-0.39, 0.29) is 11.7 Å². The van der Waals surface area contributed by atoms with Crippen LogP contribution in [0.1, 0.15) is 22.3 Å². The summed E-state index contributed by atoms with van der Waals surface area (Å²) in [5, 5.41) is 13.8. The molecule has 6 nitrogen and oxygen atoms in total. The Bertz CT molecular complexity index is 889. The molecule has 1 aliphatic rings. The third kappa shape index (κ3) is 2.71. The molecule has 0 bridgehead atoms. The van der Waals surface area contributed by atoms with Gasteiger partial charge in [0.25, 0.3) is 5.91 Å². The van der Waals surface area contributed by atoms with Gasteiger partial charge in [-0.1, -0.05) is 12.1 Å². The van der Waals surface area contributed by atoms with E-state index in [4.69, 9.17) is 0 Å². The van der Waals surface area contributed by atoms with Crippen molar-refractivity contribution in [2.45, 2.75) is 12.8 Å². The average Bonchev–Trinajstić information content (AvgIpc) is 3.21. The first kappa shape index (κ1) is 14.7. The number of nitrogens with zero attached hydrogens (tertiary/aromatic N) is 4. The van der Waals surface area contributed by atoms with E-state index < -0.39 is 0 Å². The Morgan fingerprint density at radius 2 is 2.25 bits per heavy atom. The second-order valence-electron chi connectivity index (χ2n) is 6.23. The summed E-state index contributed by atoms with van der Waals surface area (Å²) in [6, 6.07) is 9.12. The number of hydrogen-bond acceptors (Lipinski definition) is 4. The van der Waals surface area contributed by atoms with Gasteiger partial charge < -0.3 is 10.0 Å². The molecule has 1 fully saturated rings. The smallest absolute Gasteiger partial charge is 0.259 e. The molecule has 0 spiro atoms. The van der Waals surface area contributed by atoms with Crippen molar-refractivity contribution in [3.05, 3.63) is 60.0 Å². The quantitative estimate of drug-likeness (QED) is 0.802. The van der Waals surface area contributed by atoms with Gasteiger partial charge in [0.1, 0.15) is 11.3 Å². The molecule has 2 aromatic heterocycles. The molecule has 3 aromatic rings. The Labute approximate surface area is 139 Å². The third-order valence-electron chi connectivity index (χ3n) is 4.52. The lowest BCUT2D eigenvalue weighted by Gasteiger charge is -2.16. The van der Waals surface area contributed by atoms with Crippen LogP contribution in [0.4, 0.5) is 0 Å². The van der Waals surface area contributed by atoms with E-state index in [0.29, 0.717) is 17.1 Å². The van der Waals surface area contributed by atoms with Crippen LogP contribution in [0.25, 0.3) is 5.65 Å². The Morgan fingerprint density at radius 3 is 3.12 bits per heavy atom. The highest BCUT2D eigenvalue weighted by atomic mass is 16.3. The molecule has 0 saturated carbocycles. The normalized spacial score (nSPS) is 17.5. The zero-order valence-electron chi connectivity index (χ0n) is 13.2. The number of rotatable bonds is 3. The molecule has 1 saturated heterocycles. The summed E-state index contributed by atoms with van der Waals surface area (Å²) in [6.45, 7) is 1.46. The van der Waals surface area contributed by atoms with Gasteiger partial charge in [0.2, 0.25) is 0 Å². The molecular weight excluding hydrogens is 304 g/mol. The van der Waals surface area contributed by atoms with Gasteiger partial charge in [-0.15, -0.1) is 0 Å². The lowest BCUT2D eigenvalue weighted by molar-refractivity contribution is 0.0788. The highest BCUT2D eigenvalue weighted by Gasteiger charge is 2.28. The summed E-state index contributed by atoms with van der Waals surface area (Å²) >= 11 is 0. The van der Waals surface area contributed by atoms with E-state index in [9.17, 15) is 9.90 Å². The Morgan fingerprint density at radius 1 is 1.33 bits per heavy atom. The van der Waals surface area contributed by atoms with Crippen LogP contribution in [0.2, 0.25) is 0 Å². The fourth-order valence-electron chi connectivity index (χ4n) is 3.35. The van der Waals surface area contributed by atoms with Gasteiger partial charge in [0, 0.05) is 25.5 Å². The van der Waals surface area contributed by atoms with E-state index >= 15 is 0 Å². The second-order valence-corrected chi connectivity index (χ2v) is 6.23. The topological polar surface area (TPSA) is 70.7 Å². The molecule has 1 atom stereocenters. The largest absolute Gasteiger partial charge is 0.508 e. The molecule has 24 heavy (non-hydrogen) atoms. The predicted octanol–water partition coefficient (Wildman–Crippen LogP) is 2.14. The van der Waals surface area contributed by atoms with Crippen molar-refractivity contribution in [1.82, 2.24) is 19.5 Å². The number of carbonyl (C=O) groups excluding carboxylic acids is 1. The van der Waals surface area contributed by atoms with E-state index in [1.807, 2.05) is 17.0 Å². The third-order valence-corrected chi connectivity index (χ3v) is 4.52. The van der Waals surface area contributed by atoms with Crippen LogP contribution >= 0.6 is 0 Å². The lowest BCUT2D eigenvalue weighted by Crippen LogP contribution is -2.29. The molecule has 3 heterocycles. The first-order valence-corrected chi connectivity index (χ1v) is 8.06. The van der Waals surface area contributed by atoms with Crippen LogP contribution in [0.5, 0.6) is 5.75 Å². The van der Waals surface area contributed by atoms with Crippen LogP contribution in [0, 0.1) is 5.92 Å². The van der Waals surface area contributed by atoms with Crippen molar-refractivity contribution in [2.75, 3.05) is 13.1 Å². The summed E-state index contributed by atoms with van der Waals surface area (Å²) in [4.78, 5) is 18.9. The van der Waals surface area contributed by atoms with Crippen LogP contribution < -0.4 is 0 Å². The van der Waals surface area contributed by atoms with Crippen LogP contribution in [-0.4, -0.2) is 43.6 Å². The number of benzene rings is 1. The number of phenols is 1. The molecule has 122 valence electrons. The van der Waals surface area contributed by atoms with Gasteiger partial charge in [-0.3, -0.25) is 4.79 Å². The van der Waals surface area contributed by atoms with E-state index in [2.05, 4.69) is 10.1 Å². The Hall–Kier alpha value is -2.89. The van der Waals surface area contributed by atoms with E-state index in [1.165, 1.54) is 0 Å². The summed E-state index contributed by atoms with van der Waals surface area (Å²) in [7, 11) is 0. The van der Waals surface area contributed by atoms with Crippen molar-refractivity contribution < 1.29 is 9.90 Å². The van der Waals surface area contributed by atoms with Gasteiger partial charge in [-0.2, -0.15) is 5.10 Å². The highest BCUT2D eigenvalue weighted by molar-refractivity contribution is 5.99. The van der Waals surface area contributed by atoms with Crippen molar-refractivity contribution >= 4 is 11.6 Å². The van der Waals surface area contributed by atoms with E-state index in [0.717, 1.165) is 31.5 Å². The molecule has 4 rings (SSSR count). The summed E-state index contributed by atoms with van der Waals surface area (Å²) in [6.07, 6.45) is 6.88. The summed E-state index contributed by atoms with van der Waals surface area (Å²) in [5.74, 6) is 0.684. The van der Waals surface area contributed by atoms with Crippen molar-refractivity contribution in [2.24, 2.45) is 5.92 Å². The maximum atomic E-state index is 12.8. The monoisotopic (exact) mass is 322 g/mol. The zero-order valence-corrected chi connectivity index (χ0v) is 13.2. The minimum Gasteiger partial charge on any atom is -0.508 e. The van der Waals surface area contributed by atoms with Crippen LogP contribution in [0.3, 0.4) is 0 Å².